The van der Waals surface area contributed by atoms with Gasteiger partial charge < -0.3 is 24.2 Å². The number of ether oxygens (including phenoxy) is 2. The lowest BCUT2D eigenvalue weighted by molar-refractivity contribution is -0.136. The van der Waals surface area contributed by atoms with Crippen LogP contribution >= 0.6 is 0 Å². The number of rotatable bonds is 5. The number of alkyl carbamates (subject to hydrolysis) is 1. The Bertz CT molecular complexity index is 1520. The van der Waals surface area contributed by atoms with Crippen LogP contribution in [0.5, 0.6) is 5.75 Å². The SMILES string of the molecule is CC(C)(C)OC(=O)N[C@H](Cc1c[nH]c2ccccc12)C(=O)Oc1ccc2c3c(c(=O)oc2c1)CCC3. The average molecular weight is 489 g/mol. The maximum absolute atomic E-state index is 13.3. The van der Waals surface area contributed by atoms with E-state index in [0.717, 1.165) is 52.2 Å². The predicted molar refractivity (Wildman–Crippen MR) is 135 cm³/mol. The summed E-state index contributed by atoms with van der Waals surface area (Å²) in [7, 11) is 0. The largest absolute Gasteiger partial charge is 0.444 e. The number of H-pyrrole nitrogens is 1. The minimum absolute atomic E-state index is 0.193. The summed E-state index contributed by atoms with van der Waals surface area (Å²) in [4.78, 5) is 41.3. The lowest BCUT2D eigenvalue weighted by atomic mass is 10.0. The number of amides is 1. The van der Waals surface area contributed by atoms with Crippen LogP contribution in [0.15, 0.2) is 57.9 Å². The Balaban J connectivity index is 1.41. The molecule has 0 spiro atoms. The van der Waals surface area contributed by atoms with Gasteiger partial charge in [0.25, 0.3) is 0 Å². The summed E-state index contributed by atoms with van der Waals surface area (Å²) in [6.45, 7) is 5.25. The van der Waals surface area contributed by atoms with Crippen LogP contribution in [0, 0.1) is 0 Å². The van der Waals surface area contributed by atoms with Gasteiger partial charge in [-0.15, -0.1) is 0 Å². The standard InChI is InChI=1S/C28H28N2O6/c1-28(2,3)36-27(33)30-23(13-16-15-29-22-10-5-4-7-18(16)22)26(32)34-17-11-12-20-19-8-6-9-21(19)25(31)35-24(20)14-17/h4-5,7,10-12,14-15,23,29H,6,8-9,13H2,1-3H3,(H,30,33)/t23-/m1/s1. The molecule has 2 N–H and O–H groups in total. The van der Waals surface area contributed by atoms with Crippen molar-refractivity contribution in [2.24, 2.45) is 0 Å². The molecule has 1 amide bonds. The summed E-state index contributed by atoms with van der Waals surface area (Å²) in [6.07, 6.45) is 3.75. The Kier molecular flexibility index (Phi) is 6.04. The quantitative estimate of drug-likeness (QED) is 0.237. The fourth-order valence-corrected chi connectivity index (χ4v) is 4.68. The number of carbonyl (C=O) groups is 2. The van der Waals surface area contributed by atoms with Gasteiger partial charge in [0.1, 0.15) is 23.0 Å². The zero-order valence-corrected chi connectivity index (χ0v) is 20.5. The zero-order chi connectivity index (χ0) is 25.4. The molecule has 8 heteroatoms. The molecule has 1 aliphatic carbocycles. The van der Waals surface area contributed by atoms with E-state index in [2.05, 4.69) is 10.3 Å². The minimum atomic E-state index is -1.01. The maximum atomic E-state index is 13.3. The molecular formula is C28H28N2O6. The van der Waals surface area contributed by atoms with Crippen molar-refractivity contribution >= 4 is 33.9 Å². The van der Waals surface area contributed by atoms with Crippen molar-refractivity contribution in [2.75, 3.05) is 0 Å². The van der Waals surface area contributed by atoms with Crippen molar-refractivity contribution in [2.45, 2.75) is 58.1 Å². The van der Waals surface area contributed by atoms with E-state index in [-0.39, 0.29) is 17.8 Å². The first-order valence-electron chi connectivity index (χ1n) is 12.0. The molecule has 0 saturated carbocycles. The van der Waals surface area contributed by atoms with Crippen LogP contribution in [0.2, 0.25) is 0 Å². The predicted octanol–water partition coefficient (Wildman–Crippen LogP) is 4.80. The third-order valence-corrected chi connectivity index (χ3v) is 6.24. The van der Waals surface area contributed by atoms with Crippen LogP contribution < -0.4 is 15.7 Å². The van der Waals surface area contributed by atoms with Crippen LogP contribution in [-0.2, 0) is 28.8 Å². The molecule has 0 radical (unpaired) electrons. The molecule has 2 aromatic heterocycles. The van der Waals surface area contributed by atoms with Crippen molar-refractivity contribution in [3.05, 3.63) is 75.8 Å². The fourth-order valence-electron chi connectivity index (χ4n) is 4.68. The van der Waals surface area contributed by atoms with Gasteiger partial charge in [-0.25, -0.2) is 14.4 Å². The van der Waals surface area contributed by atoms with E-state index >= 15 is 0 Å². The summed E-state index contributed by atoms with van der Waals surface area (Å²) in [6, 6.07) is 11.7. The van der Waals surface area contributed by atoms with Gasteiger partial charge in [0.2, 0.25) is 0 Å². The Hall–Kier alpha value is -4.07. The molecule has 5 rings (SSSR count). The second-order valence-electron chi connectivity index (χ2n) is 10.0. The Labute approximate surface area is 207 Å². The molecule has 0 aliphatic heterocycles. The van der Waals surface area contributed by atoms with Crippen LogP contribution in [0.3, 0.4) is 0 Å². The van der Waals surface area contributed by atoms with Crippen molar-refractivity contribution in [1.82, 2.24) is 10.3 Å². The molecule has 186 valence electrons. The first-order valence-corrected chi connectivity index (χ1v) is 12.0. The number of hydrogen-bond donors (Lipinski definition) is 2. The number of benzene rings is 2. The number of aromatic amines is 1. The lowest BCUT2D eigenvalue weighted by Gasteiger charge is -2.23. The fraction of sp³-hybridized carbons (Fsp3) is 0.321. The lowest BCUT2D eigenvalue weighted by Crippen LogP contribution is -2.46. The van der Waals surface area contributed by atoms with Gasteiger partial charge in [0.15, 0.2) is 0 Å². The first kappa shape index (κ1) is 23.7. The molecular weight excluding hydrogens is 460 g/mol. The number of hydrogen-bond acceptors (Lipinski definition) is 6. The second kappa shape index (κ2) is 9.18. The molecule has 0 fully saturated rings. The molecule has 8 nitrogen and oxygen atoms in total. The van der Waals surface area contributed by atoms with Gasteiger partial charge >= 0.3 is 17.7 Å². The molecule has 0 saturated heterocycles. The van der Waals surface area contributed by atoms with Gasteiger partial charge in [-0.1, -0.05) is 18.2 Å². The van der Waals surface area contributed by atoms with Crippen LogP contribution in [-0.4, -0.2) is 28.7 Å². The van der Waals surface area contributed by atoms with Crippen LogP contribution in [0.1, 0.15) is 43.9 Å². The summed E-state index contributed by atoms with van der Waals surface area (Å²) in [5.74, 6) is -0.433. The maximum Gasteiger partial charge on any atom is 0.408 e. The highest BCUT2D eigenvalue weighted by molar-refractivity contribution is 5.88. The van der Waals surface area contributed by atoms with Crippen LogP contribution in [0.4, 0.5) is 4.79 Å². The molecule has 36 heavy (non-hydrogen) atoms. The van der Waals surface area contributed by atoms with Gasteiger partial charge in [0, 0.05) is 40.5 Å². The molecule has 0 unspecified atom stereocenters. The number of esters is 1. The minimum Gasteiger partial charge on any atom is -0.444 e. The number of para-hydroxylation sites is 1. The van der Waals surface area contributed by atoms with Crippen molar-refractivity contribution in [3.63, 3.8) is 0 Å². The van der Waals surface area contributed by atoms with E-state index in [0.29, 0.717) is 5.58 Å². The topological polar surface area (TPSA) is 111 Å². The van der Waals surface area contributed by atoms with E-state index < -0.39 is 23.7 Å². The molecule has 2 heterocycles. The number of nitrogens with one attached hydrogen (secondary N) is 2. The molecule has 2 aromatic carbocycles. The van der Waals surface area contributed by atoms with E-state index in [9.17, 15) is 14.4 Å². The van der Waals surface area contributed by atoms with E-state index in [1.54, 1.807) is 39.0 Å². The molecule has 1 aliphatic rings. The van der Waals surface area contributed by atoms with Crippen LogP contribution in [0.25, 0.3) is 21.9 Å². The van der Waals surface area contributed by atoms with Crippen molar-refractivity contribution in [3.8, 4) is 5.75 Å². The zero-order valence-electron chi connectivity index (χ0n) is 20.5. The highest BCUT2D eigenvalue weighted by atomic mass is 16.6. The van der Waals surface area contributed by atoms with Crippen molar-refractivity contribution < 1.29 is 23.5 Å². The molecule has 1 atom stereocenters. The van der Waals surface area contributed by atoms with Gasteiger partial charge in [-0.3, -0.25) is 0 Å². The van der Waals surface area contributed by atoms with Gasteiger partial charge in [-0.05, 0) is 69.4 Å². The normalized spacial score (nSPS) is 14.0. The monoisotopic (exact) mass is 488 g/mol. The summed E-state index contributed by atoms with van der Waals surface area (Å²) >= 11 is 0. The summed E-state index contributed by atoms with van der Waals surface area (Å²) < 4.78 is 16.5. The third-order valence-electron chi connectivity index (χ3n) is 6.24. The third kappa shape index (κ3) is 4.84. The number of aryl methyl sites for hydroxylation is 1. The molecule has 0 bridgehead atoms. The first-order chi connectivity index (χ1) is 17.2. The number of fused-ring (bicyclic) bond motifs is 4. The summed E-state index contributed by atoms with van der Waals surface area (Å²) in [5, 5.41) is 4.45. The Morgan fingerprint density at radius 1 is 1.08 bits per heavy atom. The smallest absolute Gasteiger partial charge is 0.408 e. The van der Waals surface area contributed by atoms with E-state index in [1.165, 1.54) is 0 Å². The number of carbonyl (C=O) groups excluding carboxylic acids is 2. The van der Waals surface area contributed by atoms with Crippen molar-refractivity contribution in [1.29, 1.82) is 0 Å². The van der Waals surface area contributed by atoms with Gasteiger partial charge in [0.05, 0.1) is 0 Å². The highest BCUT2D eigenvalue weighted by Crippen LogP contribution is 2.30. The number of aromatic nitrogens is 1. The average Bonchev–Trinajstić information content (AvgIpc) is 3.46. The molecule has 4 aromatic rings. The Morgan fingerprint density at radius 2 is 1.86 bits per heavy atom. The Morgan fingerprint density at radius 3 is 2.67 bits per heavy atom. The second-order valence-corrected chi connectivity index (χ2v) is 10.0. The highest BCUT2D eigenvalue weighted by Gasteiger charge is 2.28. The summed E-state index contributed by atoms with van der Waals surface area (Å²) in [5.41, 5.74) is 2.81. The van der Waals surface area contributed by atoms with E-state index in [1.807, 2.05) is 30.5 Å². The van der Waals surface area contributed by atoms with E-state index in [4.69, 9.17) is 13.9 Å². The van der Waals surface area contributed by atoms with Gasteiger partial charge in [-0.2, -0.15) is 0 Å².